The van der Waals surface area contributed by atoms with Crippen LogP contribution in [0.3, 0.4) is 0 Å². The van der Waals surface area contributed by atoms with E-state index in [2.05, 4.69) is 5.10 Å². The van der Waals surface area contributed by atoms with Crippen LogP contribution < -0.4 is 10.5 Å². The average Bonchev–Trinajstić information content (AvgIpc) is 2.68. The van der Waals surface area contributed by atoms with Crippen molar-refractivity contribution in [3.05, 3.63) is 28.8 Å². The highest BCUT2D eigenvalue weighted by Crippen LogP contribution is 2.36. The lowest BCUT2D eigenvalue weighted by molar-refractivity contribution is 0.185. The van der Waals surface area contributed by atoms with E-state index in [0.717, 1.165) is 16.8 Å². The number of benzene rings is 1. The van der Waals surface area contributed by atoms with Gasteiger partial charge in [-0.25, -0.2) is 0 Å². The molecule has 0 radical (unpaired) electrons. The normalized spacial score (nSPS) is 10.7. The third-order valence-corrected chi connectivity index (χ3v) is 3.06. The van der Waals surface area contributed by atoms with Gasteiger partial charge in [0.05, 0.1) is 19.4 Å². The number of nitrogens with two attached hydrogens (primary N) is 1. The van der Waals surface area contributed by atoms with E-state index in [9.17, 15) is 0 Å². The lowest BCUT2D eigenvalue weighted by Gasteiger charge is -2.12. The summed E-state index contributed by atoms with van der Waals surface area (Å²) in [6.45, 7) is 0.419. The third kappa shape index (κ3) is 2.67. The van der Waals surface area contributed by atoms with Crippen LogP contribution in [0, 0.1) is 0 Å². The van der Waals surface area contributed by atoms with E-state index in [1.165, 1.54) is 0 Å². The molecule has 19 heavy (non-hydrogen) atoms. The predicted octanol–water partition coefficient (Wildman–Crippen LogP) is 2.48. The second-order valence-electron chi connectivity index (χ2n) is 4.15. The molecule has 102 valence electrons. The molecule has 0 atom stereocenters. The van der Waals surface area contributed by atoms with Crippen LogP contribution >= 0.6 is 11.6 Å². The first kappa shape index (κ1) is 13.7. The highest BCUT2D eigenvalue weighted by molar-refractivity contribution is 6.31. The summed E-state index contributed by atoms with van der Waals surface area (Å²) in [6.07, 6.45) is 0. The first-order valence-electron chi connectivity index (χ1n) is 5.72. The highest BCUT2D eigenvalue weighted by Gasteiger charge is 2.16. The summed E-state index contributed by atoms with van der Waals surface area (Å²) in [5.74, 6) is 1.23. The Hall–Kier alpha value is -1.72. The van der Waals surface area contributed by atoms with Gasteiger partial charge in [0.15, 0.2) is 0 Å². The van der Waals surface area contributed by atoms with E-state index in [1.807, 2.05) is 6.07 Å². The largest absolute Gasteiger partial charge is 0.496 e. The molecule has 0 saturated heterocycles. The zero-order chi connectivity index (χ0) is 14.0. The van der Waals surface area contributed by atoms with Crippen molar-refractivity contribution in [2.45, 2.75) is 6.61 Å². The van der Waals surface area contributed by atoms with Crippen LogP contribution in [0.5, 0.6) is 5.75 Å². The predicted molar refractivity (Wildman–Crippen MR) is 75.3 cm³/mol. The molecule has 0 bridgehead atoms. The summed E-state index contributed by atoms with van der Waals surface area (Å²) in [7, 11) is 5.01. The van der Waals surface area contributed by atoms with Gasteiger partial charge in [-0.15, -0.1) is 0 Å². The third-order valence-electron chi connectivity index (χ3n) is 2.84. The van der Waals surface area contributed by atoms with E-state index in [-0.39, 0.29) is 0 Å². The van der Waals surface area contributed by atoms with Gasteiger partial charge in [-0.1, -0.05) is 11.6 Å². The van der Waals surface area contributed by atoms with Crippen molar-refractivity contribution in [2.24, 2.45) is 7.05 Å². The van der Waals surface area contributed by atoms with Gasteiger partial charge in [-0.3, -0.25) is 4.68 Å². The number of nitrogens with zero attached hydrogens (tertiary/aromatic N) is 2. The molecule has 1 aromatic heterocycles. The molecule has 1 aromatic carbocycles. The molecule has 0 fully saturated rings. The number of rotatable bonds is 4. The van der Waals surface area contributed by atoms with Crippen LogP contribution in [0.2, 0.25) is 5.02 Å². The summed E-state index contributed by atoms with van der Waals surface area (Å²) >= 11 is 6.07. The Balaban J connectivity index is 2.64. The summed E-state index contributed by atoms with van der Waals surface area (Å²) < 4.78 is 12.2. The number of aromatic nitrogens is 2. The fourth-order valence-electron chi connectivity index (χ4n) is 1.96. The molecular weight excluding hydrogens is 266 g/mol. The number of nitrogen functional groups attached to an aromatic ring is 1. The summed E-state index contributed by atoms with van der Waals surface area (Å²) in [5, 5.41) is 4.97. The summed E-state index contributed by atoms with van der Waals surface area (Å²) in [6, 6.07) is 5.39. The maximum absolute atomic E-state index is 6.07. The molecule has 0 aliphatic carbocycles. The Bertz CT molecular complexity index is 576. The van der Waals surface area contributed by atoms with Crippen molar-refractivity contribution in [1.29, 1.82) is 0 Å². The van der Waals surface area contributed by atoms with Gasteiger partial charge < -0.3 is 15.2 Å². The number of hydrogen-bond acceptors (Lipinski definition) is 4. The minimum absolute atomic E-state index is 0.419. The van der Waals surface area contributed by atoms with Crippen LogP contribution in [-0.2, 0) is 18.4 Å². The first-order valence-corrected chi connectivity index (χ1v) is 6.09. The van der Waals surface area contributed by atoms with Gasteiger partial charge in [-0.2, -0.15) is 5.10 Å². The highest BCUT2D eigenvalue weighted by atomic mass is 35.5. The molecule has 6 heteroatoms. The number of aryl methyl sites for hydroxylation is 1. The van der Waals surface area contributed by atoms with Crippen LogP contribution in [0.4, 0.5) is 5.82 Å². The summed E-state index contributed by atoms with van der Waals surface area (Å²) in [4.78, 5) is 0. The van der Waals surface area contributed by atoms with Crippen molar-refractivity contribution in [3.63, 3.8) is 0 Å². The van der Waals surface area contributed by atoms with Gasteiger partial charge in [0.2, 0.25) is 0 Å². The molecule has 5 nitrogen and oxygen atoms in total. The van der Waals surface area contributed by atoms with Crippen molar-refractivity contribution in [1.82, 2.24) is 9.78 Å². The summed E-state index contributed by atoms with van der Waals surface area (Å²) in [5.41, 5.74) is 8.32. The van der Waals surface area contributed by atoms with E-state index >= 15 is 0 Å². The average molecular weight is 282 g/mol. The number of halogens is 1. The standard InChI is InChI=1S/C13H16ClN3O2/c1-17-12(15)6-10(16-17)13-8(7-18-2)4-9(14)5-11(13)19-3/h4-6H,7,15H2,1-3H3. The smallest absolute Gasteiger partial charge is 0.130 e. The molecule has 2 N–H and O–H groups in total. The van der Waals surface area contributed by atoms with E-state index in [1.54, 1.807) is 38.1 Å². The second kappa shape index (κ2) is 5.50. The molecule has 2 rings (SSSR count). The van der Waals surface area contributed by atoms with Crippen LogP contribution in [0.25, 0.3) is 11.3 Å². The maximum Gasteiger partial charge on any atom is 0.130 e. The molecule has 2 aromatic rings. The Kier molecular flexibility index (Phi) is 3.97. The SMILES string of the molecule is COCc1cc(Cl)cc(OC)c1-c1cc(N)n(C)n1. The van der Waals surface area contributed by atoms with Gasteiger partial charge in [-0.05, 0) is 17.7 Å². The van der Waals surface area contributed by atoms with Crippen molar-refractivity contribution < 1.29 is 9.47 Å². The van der Waals surface area contributed by atoms with E-state index in [4.69, 9.17) is 26.8 Å². The fourth-order valence-corrected chi connectivity index (χ4v) is 2.19. The quantitative estimate of drug-likeness (QED) is 0.935. The Morgan fingerprint density at radius 3 is 2.58 bits per heavy atom. The first-order chi connectivity index (χ1) is 9.06. The fraction of sp³-hybridized carbons (Fsp3) is 0.308. The second-order valence-corrected chi connectivity index (χ2v) is 4.59. The molecule has 0 saturated carbocycles. The zero-order valence-electron chi connectivity index (χ0n) is 11.1. The molecule has 0 unspecified atom stereocenters. The van der Waals surface area contributed by atoms with Gasteiger partial charge in [0.25, 0.3) is 0 Å². The molecule has 1 heterocycles. The number of methoxy groups -OCH3 is 2. The number of hydrogen-bond donors (Lipinski definition) is 1. The number of anilines is 1. The van der Waals surface area contributed by atoms with Crippen LogP contribution in [0.1, 0.15) is 5.56 Å². The lowest BCUT2D eigenvalue weighted by atomic mass is 10.0. The van der Waals surface area contributed by atoms with Gasteiger partial charge >= 0.3 is 0 Å². The Morgan fingerprint density at radius 2 is 2.05 bits per heavy atom. The topological polar surface area (TPSA) is 62.3 Å². The minimum atomic E-state index is 0.419. The van der Waals surface area contributed by atoms with Gasteiger partial charge in [0.1, 0.15) is 11.6 Å². The molecule has 0 aliphatic rings. The number of ether oxygens (including phenoxy) is 2. The Labute approximate surface area is 116 Å². The molecule has 0 aliphatic heterocycles. The van der Waals surface area contributed by atoms with E-state index in [0.29, 0.717) is 23.2 Å². The minimum Gasteiger partial charge on any atom is -0.496 e. The molecular formula is C13H16ClN3O2. The van der Waals surface area contributed by atoms with E-state index < -0.39 is 0 Å². The molecule has 0 amide bonds. The van der Waals surface area contributed by atoms with Crippen molar-refractivity contribution in [3.8, 4) is 17.0 Å². The van der Waals surface area contributed by atoms with Gasteiger partial charge in [0, 0.05) is 30.8 Å². The van der Waals surface area contributed by atoms with Crippen LogP contribution in [0.15, 0.2) is 18.2 Å². The maximum atomic E-state index is 6.07. The lowest BCUT2D eigenvalue weighted by Crippen LogP contribution is -1.99. The van der Waals surface area contributed by atoms with Crippen molar-refractivity contribution in [2.75, 3.05) is 20.0 Å². The molecule has 0 spiro atoms. The van der Waals surface area contributed by atoms with Crippen LogP contribution in [-0.4, -0.2) is 24.0 Å². The van der Waals surface area contributed by atoms with Crippen molar-refractivity contribution >= 4 is 17.4 Å². The Morgan fingerprint density at radius 1 is 1.32 bits per heavy atom. The monoisotopic (exact) mass is 281 g/mol. The zero-order valence-corrected chi connectivity index (χ0v) is 11.9.